The molecule has 0 nitrogen and oxygen atoms in total. The van der Waals surface area contributed by atoms with Gasteiger partial charge in [0.2, 0.25) is 0 Å². The fraction of sp³-hybridized carbons (Fsp3) is 1.00. The van der Waals surface area contributed by atoms with E-state index in [0.29, 0.717) is 5.41 Å². The molecular weight excluding hydrogens is 200 g/mol. The van der Waals surface area contributed by atoms with Crippen LogP contribution in [0.1, 0.15) is 47.0 Å². The van der Waals surface area contributed by atoms with Gasteiger partial charge in [-0.15, -0.1) is 0 Å². The molecule has 0 rings (SSSR count). The Morgan fingerprint density at radius 3 is 2.18 bits per heavy atom. The second kappa shape index (κ2) is 5.18. The molecule has 1 atom stereocenters. The average Bonchev–Trinajstić information content (AvgIpc) is 1.87. The molecular formula is C10H21Br. The zero-order chi connectivity index (χ0) is 8.91. The van der Waals surface area contributed by atoms with Crippen molar-refractivity contribution in [2.45, 2.75) is 47.0 Å². The topological polar surface area (TPSA) is 0 Å². The van der Waals surface area contributed by atoms with Crippen LogP contribution in [0.2, 0.25) is 0 Å². The Morgan fingerprint density at radius 2 is 1.91 bits per heavy atom. The van der Waals surface area contributed by atoms with Crippen molar-refractivity contribution in [1.82, 2.24) is 0 Å². The van der Waals surface area contributed by atoms with E-state index in [1.807, 2.05) is 0 Å². The fourth-order valence-corrected chi connectivity index (χ4v) is 2.32. The van der Waals surface area contributed by atoms with Gasteiger partial charge in [-0.25, -0.2) is 0 Å². The molecule has 0 aliphatic carbocycles. The van der Waals surface area contributed by atoms with Crippen LogP contribution < -0.4 is 0 Å². The minimum atomic E-state index is 0.531. The average molecular weight is 221 g/mol. The summed E-state index contributed by atoms with van der Waals surface area (Å²) in [6, 6.07) is 0. The Hall–Kier alpha value is 0.480. The highest BCUT2D eigenvalue weighted by atomic mass is 79.9. The molecule has 0 aromatic rings. The largest absolute Gasteiger partial charge is 0.0922 e. The van der Waals surface area contributed by atoms with Crippen LogP contribution in [0.4, 0.5) is 0 Å². The third-order valence-corrected chi connectivity index (χ3v) is 3.43. The minimum absolute atomic E-state index is 0.531. The molecule has 0 N–H and O–H groups in total. The van der Waals surface area contributed by atoms with E-state index in [2.05, 4.69) is 43.6 Å². The van der Waals surface area contributed by atoms with E-state index in [1.165, 1.54) is 19.3 Å². The predicted molar refractivity (Wildman–Crippen MR) is 56.3 cm³/mol. The van der Waals surface area contributed by atoms with Crippen molar-refractivity contribution in [1.29, 1.82) is 0 Å². The Labute approximate surface area is 79.9 Å². The van der Waals surface area contributed by atoms with E-state index >= 15 is 0 Å². The summed E-state index contributed by atoms with van der Waals surface area (Å²) in [5.74, 6) is 0.823. The van der Waals surface area contributed by atoms with Crippen molar-refractivity contribution in [3.63, 3.8) is 0 Å². The van der Waals surface area contributed by atoms with Crippen LogP contribution in [0.15, 0.2) is 0 Å². The van der Waals surface area contributed by atoms with Gasteiger partial charge in [-0.05, 0) is 24.2 Å². The normalized spacial score (nSPS) is 16.9. The third kappa shape index (κ3) is 4.84. The van der Waals surface area contributed by atoms with Crippen molar-refractivity contribution in [2.24, 2.45) is 11.3 Å². The first-order valence-corrected chi connectivity index (χ1v) is 5.72. The molecule has 0 amide bonds. The number of hydrogen-bond donors (Lipinski definition) is 0. The molecule has 0 fully saturated rings. The van der Waals surface area contributed by atoms with Gasteiger partial charge in [-0.3, -0.25) is 0 Å². The molecule has 0 bridgehead atoms. The first kappa shape index (κ1) is 11.5. The minimum Gasteiger partial charge on any atom is -0.0922 e. The van der Waals surface area contributed by atoms with Gasteiger partial charge in [-0.1, -0.05) is 50.0 Å². The molecule has 1 unspecified atom stereocenters. The molecule has 1 heteroatoms. The molecule has 0 saturated heterocycles. The molecule has 0 heterocycles. The van der Waals surface area contributed by atoms with Gasteiger partial charge in [0, 0.05) is 5.33 Å². The van der Waals surface area contributed by atoms with Crippen LogP contribution in [-0.2, 0) is 0 Å². The first-order valence-electron chi connectivity index (χ1n) is 4.60. The van der Waals surface area contributed by atoms with Gasteiger partial charge in [0.25, 0.3) is 0 Å². The van der Waals surface area contributed by atoms with Crippen LogP contribution in [0.5, 0.6) is 0 Å². The smallest absolute Gasteiger partial charge is 0.00854 e. The highest BCUT2D eigenvalue weighted by Gasteiger charge is 2.22. The van der Waals surface area contributed by atoms with Gasteiger partial charge in [0.15, 0.2) is 0 Å². The van der Waals surface area contributed by atoms with Gasteiger partial charge in [0.05, 0.1) is 0 Å². The molecule has 0 aliphatic heterocycles. The van der Waals surface area contributed by atoms with E-state index in [-0.39, 0.29) is 0 Å². The Balaban J connectivity index is 3.87. The van der Waals surface area contributed by atoms with Crippen molar-refractivity contribution in [2.75, 3.05) is 5.33 Å². The lowest BCUT2D eigenvalue weighted by molar-refractivity contribution is 0.272. The SMILES string of the molecule is CCCC(C)(CBr)CC(C)C. The third-order valence-electron chi connectivity index (χ3n) is 2.08. The highest BCUT2D eigenvalue weighted by molar-refractivity contribution is 9.09. The predicted octanol–water partition coefficient (Wildman–Crippen LogP) is 4.23. The van der Waals surface area contributed by atoms with Crippen molar-refractivity contribution >= 4 is 15.9 Å². The number of halogens is 1. The standard InChI is InChI=1S/C10H21Br/c1-5-6-10(4,8-11)7-9(2)3/h9H,5-8H2,1-4H3. The van der Waals surface area contributed by atoms with Gasteiger partial charge >= 0.3 is 0 Å². The Morgan fingerprint density at radius 1 is 1.36 bits per heavy atom. The molecule has 0 aromatic heterocycles. The van der Waals surface area contributed by atoms with Crippen LogP contribution in [-0.4, -0.2) is 5.33 Å². The zero-order valence-electron chi connectivity index (χ0n) is 8.28. The fourth-order valence-electron chi connectivity index (χ4n) is 1.81. The monoisotopic (exact) mass is 220 g/mol. The number of alkyl halides is 1. The van der Waals surface area contributed by atoms with E-state index in [9.17, 15) is 0 Å². The second-order valence-electron chi connectivity index (χ2n) is 4.29. The second-order valence-corrected chi connectivity index (χ2v) is 4.85. The number of rotatable bonds is 5. The van der Waals surface area contributed by atoms with E-state index in [1.54, 1.807) is 0 Å². The summed E-state index contributed by atoms with van der Waals surface area (Å²) in [5.41, 5.74) is 0.531. The molecule has 0 aromatic carbocycles. The summed E-state index contributed by atoms with van der Waals surface area (Å²) in [6.07, 6.45) is 3.98. The molecule has 0 aliphatic rings. The molecule has 11 heavy (non-hydrogen) atoms. The maximum atomic E-state index is 3.60. The van der Waals surface area contributed by atoms with Crippen LogP contribution in [0, 0.1) is 11.3 Å². The quantitative estimate of drug-likeness (QED) is 0.609. The van der Waals surface area contributed by atoms with Crippen molar-refractivity contribution in [3.05, 3.63) is 0 Å². The summed E-state index contributed by atoms with van der Waals surface area (Å²) >= 11 is 3.60. The highest BCUT2D eigenvalue weighted by Crippen LogP contribution is 2.32. The summed E-state index contributed by atoms with van der Waals surface area (Å²) in [7, 11) is 0. The summed E-state index contributed by atoms with van der Waals surface area (Å²) < 4.78 is 0. The zero-order valence-corrected chi connectivity index (χ0v) is 9.87. The maximum Gasteiger partial charge on any atom is 0.00854 e. The molecule has 68 valence electrons. The molecule has 0 saturated carbocycles. The number of hydrogen-bond acceptors (Lipinski definition) is 0. The van der Waals surface area contributed by atoms with Gasteiger partial charge in [-0.2, -0.15) is 0 Å². The lowest BCUT2D eigenvalue weighted by Crippen LogP contribution is -2.20. The lowest BCUT2D eigenvalue weighted by atomic mass is 9.80. The Kier molecular flexibility index (Phi) is 5.41. The van der Waals surface area contributed by atoms with Crippen LogP contribution in [0.25, 0.3) is 0 Å². The van der Waals surface area contributed by atoms with E-state index in [4.69, 9.17) is 0 Å². The van der Waals surface area contributed by atoms with Crippen LogP contribution in [0.3, 0.4) is 0 Å². The van der Waals surface area contributed by atoms with Crippen LogP contribution >= 0.6 is 15.9 Å². The summed E-state index contributed by atoms with van der Waals surface area (Å²) in [5, 5.41) is 1.14. The van der Waals surface area contributed by atoms with E-state index in [0.717, 1.165) is 11.2 Å². The van der Waals surface area contributed by atoms with Gasteiger partial charge in [0.1, 0.15) is 0 Å². The lowest BCUT2D eigenvalue weighted by Gasteiger charge is -2.28. The summed E-state index contributed by atoms with van der Waals surface area (Å²) in [6.45, 7) is 9.25. The van der Waals surface area contributed by atoms with E-state index < -0.39 is 0 Å². The van der Waals surface area contributed by atoms with Gasteiger partial charge < -0.3 is 0 Å². The molecule has 0 radical (unpaired) electrons. The summed E-state index contributed by atoms with van der Waals surface area (Å²) in [4.78, 5) is 0. The van der Waals surface area contributed by atoms with Crippen molar-refractivity contribution in [3.8, 4) is 0 Å². The Bertz CT molecular complexity index is 99.0. The maximum absolute atomic E-state index is 3.60. The first-order chi connectivity index (χ1) is 5.04. The molecule has 0 spiro atoms. The van der Waals surface area contributed by atoms with Crippen molar-refractivity contribution < 1.29 is 0 Å².